The van der Waals surface area contributed by atoms with Crippen molar-refractivity contribution in [3.8, 4) is 0 Å². The van der Waals surface area contributed by atoms with Crippen LogP contribution in [-0.4, -0.2) is 31.3 Å². The second-order valence-electron chi connectivity index (χ2n) is 11.8. The minimum absolute atomic E-state index is 0.290. The Morgan fingerprint density at radius 2 is 1.27 bits per heavy atom. The van der Waals surface area contributed by atoms with Crippen LogP contribution in [-0.2, 0) is 0 Å². The van der Waals surface area contributed by atoms with E-state index in [0.29, 0.717) is 17.4 Å². The lowest BCUT2D eigenvalue weighted by atomic mass is 9.79. The van der Waals surface area contributed by atoms with E-state index in [1.807, 2.05) is 13.8 Å². The highest BCUT2D eigenvalue weighted by Crippen LogP contribution is 2.34. The summed E-state index contributed by atoms with van der Waals surface area (Å²) < 4.78 is 0. The fraction of sp³-hybridized carbons (Fsp3) is 0.605. The van der Waals surface area contributed by atoms with Crippen LogP contribution in [0.4, 0.5) is 0 Å². The molecule has 2 aromatic carbocycles. The van der Waals surface area contributed by atoms with Crippen molar-refractivity contribution in [3.05, 3.63) is 83.9 Å². The predicted molar refractivity (Wildman–Crippen MR) is 184 cm³/mol. The van der Waals surface area contributed by atoms with Gasteiger partial charge in [0.1, 0.15) is 0 Å². The first-order valence-electron chi connectivity index (χ1n) is 16.0. The van der Waals surface area contributed by atoms with Gasteiger partial charge in [-0.1, -0.05) is 147 Å². The highest BCUT2D eigenvalue weighted by molar-refractivity contribution is 5.34. The van der Waals surface area contributed by atoms with Crippen LogP contribution in [0.5, 0.6) is 0 Å². The van der Waals surface area contributed by atoms with Crippen LogP contribution in [0.2, 0.25) is 0 Å². The van der Waals surface area contributed by atoms with Crippen LogP contribution < -0.4 is 0 Å². The van der Waals surface area contributed by atoms with Gasteiger partial charge in [0.2, 0.25) is 0 Å². The lowest BCUT2D eigenvalue weighted by Gasteiger charge is -2.39. The lowest BCUT2D eigenvalue weighted by molar-refractivity contribution is 0.114. The Labute approximate surface area is 251 Å². The average Bonchev–Trinajstić information content (AvgIpc) is 2.95. The maximum Gasteiger partial charge on any atom is 0.0141 e. The molecule has 0 aliphatic carbocycles. The van der Waals surface area contributed by atoms with Crippen molar-refractivity contribution in [2.24, 2.45) is 11.3 Å². The fourth-order valence-corrected chi connectivity index (χ4v) is 5.59. The Bertz CT molecular complexity index is 813. The number of rotatable bonds is 14. The number of benzene rings is 2. The SMILES string of the molecule is C=CCC(CCC)CCC.C=N.CC.CCCN(C)C(CCC(c1ccccc1)c1ccc(C)cc1)C(C)(C)C. The zero-order valence-corrected chi connectivity index (χ0v) is 28.2. The summed E-state index contributed by atoms with van der Waals surface area (Å²) in [5.74, 6) is 1.38. The Morgan fingerprint density at radius 3 is 1.70 bits per heavy atom. The highest BCUT2D eigenvalue weighted by atomic mass is 15.1. The van der Waals surface area contributed by atoms with Crippen LogP contribution in [0.15, 0.2) is 67.3 Å². The average molecular weight is 551 g/mol. The first kappa shape index (κ1) is 40.0. The smallest absolute Gasteiger partial charge is 0.0141 e. The largest absolute Gasteiger partial charge is 0.317 e. The summed E-state index contributed by atoms with van der Waals surface area (Å²) in [7, 11) is 2.29. The number of allylic oxidation sites excluding steroid dienone is 1. The van der Waals surface area contributed by atoms with Crippen molar-refractivity contribution in [1.82, 2.24) is 4.90 Å². The monoisotopic (exact) mass is 551 g/mol. The molecule has 0 radical (unpaired) electrons. The van der Waals surface area contributed by atoms with E-state index >= 15 is 0 Å². The summed E-state index contributed by atoms with van der Waals surface area (Å²) in [6.45, 7) is 27.5. The molecule has 0 aliphatic rings. The maximum atomic E-state index is 5.50. The zero-order valence-electron chi connectivity index (χ0n) is 28.2. The van der Waals surface area contributed by atoms with Crippen molar-refractivity contribution in [1.29, 1.82) is 5.41 Å². The summed E-state index contributed by atoms with van der Waals surface area (Å²) in [5, 5.41) is 5.50. The van der Waals surface area contributed by atoms with E-state index < -0.39 is 0 Å². The van der Waals surface area contributed by atoms with Gasteiger partial charge in [0.05, 0.1) is 0 Å². The molecule has 2 aromatic rings. The molecule has 2 unspecified atom stereocenters. The normalized spacial score (nSPS) is 12.2. The number of hydrogen-bond donors (Lipinski definition) is 1. The van der Waals surface area contributed by atoms with E-state index in [0.717, 1.165) is 5.92 Å². The molecule has 2 heteroatoms. The Balaban J connectivity index is 0. The molecule has 0 bridgehead atoms. The minimum atomic E-state index is 0.290. The van der Waals surface area contributed by atoms with Crippen LogP contribution >= 0.6 is 0 Å². The Kier molecular flexibility index (Phi) is 24.6. The van der Waals surface area contributed by atoms with E-state index in [9.17, 15) is 0 Å². The number of aryl methyl sites for hydroxylation is 1. The Hall–Kier alpha value is -2.19. The molecule has 2 nitrogen and oxygen atoms in total. The lowest BCUT2D eigenvalue weighted by Crippen LogP contribution is -2.42. The molecule has 0 saturated heterocycles. The van der Waals surface area contributed by atoms with Crippen molar-refractivity contribution in [3.63, 3.8) is 0 Å². The second-order valence-corrected chi connectivity index (χ2v) is 11.8. The van der Waals surface area contributed by atoms with E-state index in [1.54, 1.807) is 0 Å². The number of nitrogens with zero attached hydrogens (tertiary/aromatic N) is 1. The van der Waals surface area contributed by atoms with Gasteiger partial charge in [0, 0.05) is 12.0 Å². The summed E-state index contributed by atoms with van der Waals surface area (Å²) in [6, 6.07) is 20.7. The molecule has 0 fully saturated rings. The molecular weight excluding hydrogens is 484 g/mol. The summed E-state index contributed by atoms with van der Waals surface area (Å²) in [4.78, 5) is 2.57. The first-order valence-corrected chi connectivity index (χ1v) is 16.0. The van der Waals surface area contributed by atoms with E-state index in [2.05, 4.69) is 134 Å². The van der Waals surface area contributed by atoms with Crippen LogP contribution in [0.3, 0.4) is 0 Å². The molecular formula is C38H66N2. The topological polar surface area (TPSA) is 27.1 Å². The van der Waals surface area contributed by atoms with Crippen molar-refractivity contribution in [2.75, 3.05) is 13.6 Å². The molecule has 0 heterocycles. The van der Waals surface area contributed by atoms with E-state index in [4.69, 9.17) is 5.41 Å². The van der Waals surface area contributed by atoms with Gasteiger partial charge in [0.15, 0.2) is 0 Å². The summed E-state index contributed by atoms with van der Waals surface area (Å²) in [6.07, 6.45) is 12.3. The zero-order chi connectivity index (χ0) is 31.0. The van der Waals surface area contributed by atoms with Gasteiger partial charge in [0.25, 0.3) is 0 Å². The third-order valence-corrected chi connectivity index (χ3v) is 7.41. The van der Waals surface area contributed by atoms with Gasteiger partial charge in [-0.15, -0.1) is 6.58 Å². The van der Waals surface area contributed by atoms with Crippen molar-refractivity contribution < 1.29 is 0 Å². The van der Waals surface area contributed by atoms with Gasteiger partial charge in [-0.25, -0.2) is 0 Å². The number of hydrogen-bond acceptors (Lipinski definition) is 2. The molecule has 0 amide bonds. The summed E-state index contributed by atoms with van der Waals surface area (Å²) >= 11 is 0. The third kappa shape index (κ3) is 16.8. The Morgan fingerprint density at radius 1 is 0.775 bits per heavy atom. The standard InChI is InChI=1S/C25H37N.C10H20.C2H6.CH3N/c1-7-19-26(6)24(25(3,4)5)18-17-23(21-11-9-8-10-12-21)22-15-13-20(2)14-16-22;1-4-7-10(8-5-2)9-6-3;2*1-2/h8-16,23-24H,7,17-19H2,1-6H3;4,10H,1,5-9H2,2-3H3;1-2H3;2H,1H2. The molecule has 0 aliphatic heterocycles. The van der Waals surface area contributed by atoms with Gasteiger partial charge in [-0.05, 0) is 75.4 Å². The van der Waals surface area contributed by atoms with Crippen molar-refractivity contribution in [2.45, 2.75) is 126 Å². The quantitative estimate of drug-likeness (QED) is 0.184. The maximum absolute atomic E-state index is 5.50. The van der Waals surface area contributed by atoms with Crippen molar-refractivity contribution >= 4 is 6.72 Å². The molecule has 1 N–H and O–H groups in total. The predicted octanol–water partition coefficient (Wildman–Crippen LogP) is 11.7. The molecule has 2 rings (SSSR count). The minimum Gasteiger partial charge on any atom is -0.317 e. The van der Waals surface area contributed by atoms with Gasteiger partial charge >= 0.3 is 0 Å². The first-order chi connectivity index (χ1) is 19.2. The van der Waals surface area contributed by atoms with Crippen LogP contribution in [0.25, 0.3) is 0 Å². The summed E-state index contributed by atoms with van der Waals surface area (Å²) in [5.41, 5.74) is 4.49. The highest BCUT2D eigenvalue weighted by Gasteiger charge is 2.29. The van der Waals surface area contributed by atoms with Gasteiger partial charge in [-0.2, -0.15) is 0 Å². The molecule has 228 valence electrons. The molecule has 0 saturated carbocycles. The molecule has 2 atom stereocenters. The van der Waals surface area contributed by atoms with Gasteiger partial charge < -0.3 is 10.3 Å². The van der Waals surface area contributed by atoms with E-state index in [-0.39, 0.29) is 0 Å². The van der Waals surface area contributed by atoms with Gasteiger partial charge in [-0.3, -0.25) is 0 Å². The van der Waals surface area contributed by atoms with Crippen LogP contribution in [0, 0.1) is 23.7 Å². The molecule has 0 spiro atoms. The molecule has 40 heavy (non-hydrogen) atoms. The number of nitrogens with one attached hydrogen (secondary N) is 1. The molecule has 0 aromatic heterocycles. The fourth-order valence-electron chi connectivity index (χ4n) is 5.59. The second kappa shape index (κ2) is 24.6. The van der Waals surface area contributed by atoms with Crippen LogP contribution in [0.1, 0.15) is 129 Å². The van der Waals surface area contributed by atoms with E-state index in [1.165, 1.54) is 74.6 Å². The third-order valence-electron chi connectivity index (χ3n) is 7.41.